The number of urea groups is 1. The van der Waals surface area contributed by atoms with Gasteiger partial charge in [0.1, 0.15) is 17.2 Å². The largest absolute Gasteiger partial charge is 0.457 e. The van der Waals surface area contributed by atoms with Crippen molar-refractivity contribution in [1.29, 1.82) is 0 Å². The number of rotatable bonds is 8. The molecule has 230 valence electrons. The Morgan fingerprint density at radius 2 is 1.62 bits per heavy atom. The zero-order chi connectivity index (χ0) is 32.2. The number of nitrogens with one attached hydrogen (secondary N) is 2. The van der Waals surface area contributed by atoms with E-state index in [1.807, 2.05) is 68.4 Å². The lowest BCUT2D eigenvalue weighted by molar-refractivity contribution is 0.102. The number of carbonyl (C=O) groups is 2. The summed E-state index contributed by atoms with van der Waals surface area (Å²) in [6.07, 6.45) is 0. The highest BCUT2D eigenvalue weighted by molar-refractivity contribution is 6.30. The van der Waals surface area contributed by atoms with E-state index in [4.69, 9.17) is 16.3 Å². The molecule has 9 nitrogen and oxygen atoms in total. The summed E-state index contributed by atoms with van der Waals surface area (Å²) in [6, 6.07) is 26.6. The average Bonchev–Trinajstić information content (AvgIpc) is 3.22. The van der Waals surface area contributed by atoms with Crippen LogP contribution in [-0.2, 0) is 13.6 Å². The SMILES string of the molecule is Cc1ccc(Oc2cc(Cl)ccc2CN(C)C(=O)Nc2cccc(C(=O)Nc3c(C)n(C)n(-c4ccccc4)c3=O)c2)c(C)c1. The average molecular weight is 624 g/mol. The summed E-state index contributed by atoms with van der Waals surface area (Å²) in [5.74, 6) is 0.783. The molecule has 0 spiro atoms. The van der Waals surface area contributed by atoms with Crippen LogP contribution in [0.1, 0.15) is 32.7 Å². The second-order valence-corrected chi connectivity index (χ2v) is 11.3. The van der Waals surface area contributed by atoms with Crippen molar-refractivity contribution in [1.82, 2.24) is 14.3 Å². The molecule has 4 aromatic carbocycles. The van der Waals surface area contributed by atoms with Crippen LogP contribution in [0, 0.1) is 20.8 Å². The summed E-state index contributed by atoms with van der Waals surface area (Å²) < 4.78 is 9.39. The number of hydrogen-bond donors (Lipinski definition) is 2. The smallest absolute Gasteiger partial charge is 0.321 e. The number of benzene rings is 4. The van der Waals surface area contributed by atoms with Crippen LogP contribution in [0.5, 0.6) is 11.5 Å². The summed E-state index contributed by atoms with van der Waals surface area (Å²) in [5, 5.41) is 6.12. The third-order valence-electron chi connectivity index (χ3n) is 7.50. The minimum atomic E-state index is -0.472. The summed E-state index contributed by atoms with van der Waals surface area (Å²) in [7, 11) is 3.42. The molecule has 0 aliphatic carbocycles. The van der Waals surface area contributed by atoms with Gasteiger partial charge in [-0.25, -0.2) is 9.48 Å². The van der Waals surface area contributed by atoms with Gasteiger partial charge in [-0.3, -0.25) is 14.3 Å². The lowest BCUT2D eigenvalue weighted by atomic mass is 10.1. The van der Waals surface area contributed by atoms with Crippen molar-refractivity contribution < 1.29 is 14.3 Å². The van der Waals surface area contributed by atoms with Crippen LogP contribution < -0.4 is 20.9 Å². The monoisotopic (exact) mass is 623 g/mol. The number of aryl methyl sites for hydroxylation is 2. The fourth-order valence-electron chi connectivity index (χ4n) is 4.97. The molecule has 10 heteroatoms. The molecule has 0 aliphatic heterocycles. The van der Waals surface area contributed by atoms with Crippen molar-refractivity contribution in [3.63, 3.8) is 0 Å². The van der Waals surface area contributed by atoms with Gasteiger partial charge in [-0.1, -0.05) is 59.6 Å². The number of para-hydroxylation sites is 1. The second-order valence-electron chi connectivity index (χ2n) is 10.9. The molecule has 0 radical (unpaired) electrons. The third-order valence-corrected chi connectivity index (χ3v) is 7.74. The van der Waals surface area contributed by atoms with Gasteiger partial charge in [-0.05, 0) is 74.9 Å². The highest BCUT2D eigenvalue weighted by atomic mass is 35.5. The van der Waals surface area contributed by atoms with Crippen LogP contribution in [0.15, 0.2) is 95.8 Å². The molecule has 5 aromatic rings. The number of hydrogen-bond acceptors (Lipinski definition) is 4. The Morgan fingerprint density at radius 3 is 2.36 bits per heavy atom. The first kappa shape index (κ1) is 31.2. The van der Waals surface area contributed by atoms with E-state index in [-0.39, 0.29) is 29.4 Å². The van der Waals surface area contributed by atoms with E-state index in [2.05, 4.69) is 10.6 Å². The number of anilines is 2. The van der Waals surface area contributed by atoms with Crippen molar-refractivity contribution in [2.24, 2.45) is 7.05 Å². The Labute approximate surface area is 266 Å². The zero-order valence-corrected chi connectivity index (χ0v) is 26.5. The maximum Gasteiger partial charge on any atom is 0.321 e. The van der Waals surface area contributed by atoms with Crippen molar-refractivity contribution in [3.05, 3.63) is 134 Å². The molecular formula is C35H34ClN5O4. The molecule has 0 bridgehead atoms. The van der Waals surface area contributed by atoms with E-state index in [9.17, 15) is 14.4 Å². The van der Waals surface area contributed by atoms with Crippen LogP contribution in [0.2, 0.25) is 5.02 Å². The Kier molecular flexibility index (Phi) is 9.11. The molecule has 0 saturated heterocycles. The first-order chi connectivity index (χ1) is 21.5. The van der Waals surface area contributed by atoms with Gasteiger partial charge in [-0.2, -0.15) is 0 Å². The highest BCUT2D eigenvalue weighted by Gasteiger charge is 2.20. The van der Waals surface area contributed by atoms with Gasteiger partial charge in [0, 0.05) is 35.9 Å². The first-order valence-corrected chi connectivity index (χ1v) is 14.7. The van der Waals surface area contributed by atoms with Gasteiger partial charge in [-0.15, -0.1) is 0 Å². The van der Waals surface area contributed by atoms with Crippen LogP contribution in [-0.4, -0.2) is 33.2 Å². The van der Waals surface area contributed by atoms with E-state index in [0.29, 0.717) is 33.6 Å². The predicted octanol–water partition coefficient (Wildman–Crippen LogP) is 7.46. The van der Waals surface area contributed by atoms with Crippen molar-refractivity contribution in [2.45, 2.75) is 27.3 Å². The molecular weight excluding hydrogens is 590 g/mol. The lowest BCUT2D eigenvalue weighted by Gasteiger charge is -2.21. The molecule has 0 unspecified atom stereocenters. The Hall–Kier alpha value is -5.28. The van der Waals surface area contributed by atoms with Crippen LogP contribution in [0.4, 0.5) is 16.2 Å². The van der Waals surface area contributed by atoms with Crippen molar-refractivity contribution in [3.8, 4) is 17.2 Å². The third kappa shape index (κ3) is 6.94. The number of ether oxygens (including phenoxy) is 1. The Bertz CT molecular complexity index is 1950. The quantitative estimate of drug-likeness (QED) is 0.187. The van der Waals surface area contributed by atoms with Gasteiger partial charge in [0.2, 0.25) is 0 Å². The maximum atomic E-state index is 13.2. The van der Waals surface area contributed by atoms with E-state index in [0.717, 1.165) is 16.7 Å². The zero-order valence-electron chi connectivity index (χ0n) is 25.7. The normalized spacial score (nSPS) is 10.8. The maximum absolute atomic E-state index is 13.2. The number of nitrogens with zero attached hydrogens (tertiary/aromatic N) is 3. The topological polar surface area (TPSA) is 97.6 Å². The van der Waals surface area contributed by atoms with Crippen molar-refractivity contribution in [2.75, 3.05) is 17.7 Å². The number of aromatic nitrogens is 2. The van der Waals surface area contributed by atoms with E-state index in [1.54, 1.807) is 62.1 Å². The second kappa shape index (κ2) is 13.2. The van der Waals surface area contributed by atoms with Crippen LogP contribution in [0.3, 0.4) is 0 Å². The molecule has 1 heterocycles. The summed E-state index contributed by atoms with van der Waals surface area (Å²) in [4.78, 5) is 41.2. The van der Waals surface area contributed by atoms with Crippen molar-refractivity contribution >= 4 is 34.9 Å². The standard InChI is InChI=1S/C35H34ClN5O4/c1-22-14-17-30(23(2)18-22)45-31-20-27(36)16-15-26(31)21-39(4)35(44)37-28-11-9-10-25(19-28)33(42)38-32-24(3)40(5)41(34(32)43)29-12-7-6-8-13-29/h6-20H,21H2,1-5H3,(H,37,44)(H,38,42). The molecule has 3 amide bonds. The Balaban J connectivity index is 1.28. The predicted molar refractivity (Wildman–Crippen MR) is 178 cm³/mol. The fraction of sp³-hybridized carbons (Fsp3) is 0.171. The van der Waals surface area contributed by atoms with Gasteiger partial charge in [0.05, 0.1) is 17.9 Å². The number of carbonyl (C=O) groups excluding carboxylic acids is 2. The molecule has 1 aromatic heterocycles. The van der Waals surface area contributed by atoms with E-state index >= 15 is 0 Å². The van der Waals surface area contributed by atoms with E-state index < -0.39 is 5.91 Å². The highest BCUT2D eigenvalue weighted by Crippen LogP contribution is 2.31. The molecule has 45 heavy (non-hydrogen) atoms. The summed E-state index contributed by atoms with van der Waals surface area (Å²) in [6.45, 7) is 6.00. The summed E-state index contributed by atoms with van der Waals surface area (Å²) >= 11 is 6.27. The van der Waals surface area contributed by atoms with Gasteiger partial charge in [0.15, 0.2) is 0 Å². The van der Waals surface area contributed by atoms with E-state index in [1.165, 1.54) is 9.58 Å². The molecule has 2 N–H and O–H groups in total. The number of amides is 3. The minimum Gasteiger partial charge on any atom is -0.457 e. The molecule has 0 saturated carbocycles. The molecule has 0 aliphatic rings. The van der Waals surface area contributed by atoms with Gasteiger partial charge < -0.3 is 20.3 Å². The van der Waals surface area contributed by atoms with Crippen LogP contribution >= 0.6 is 11.6 Å². The molecule has 5 rings (SSSR count). The number of halogens is 1. The lowest BCUT2D eigenvalue weighted by Crippen LogP contribution is -2.31. The first-order valence-electron chi connectivity index (χ1n) is 14.3. The fourth-order valence-corrected chi connectivity index (χ4v) is 5.13. The molecule has 0 atom stereocenters. The minimum absolute atomic E-state index is 0.183. The summed E-state index contributed by atoms with van der Waals surface area (Å²) in [5.41, 5.74) is 4.72. The van der Waals surface area contributed by atoms with Gasteiger partial charge in [0.25, 0.3) is 11.5 Å². The van der Waals surface area contributed by atoms with Gasteiger partial charge >= 0.3 is 6.03 Å². The molecule has 0 fully saturated rings. The van der Waals surface area contributed by atoms with Crippen LogP contribution in [0.25, 0.3) is 5.69 Å². The Morgan fingerprint density at radius 1 is 0.867 bits per heavy atom.